The number of nitrogens with two attached hydrogens (primary N) is 3. The van der Waals surface area contributed by atoms with E-state index in [0.717, 1.165) is 105 Å². The molecular formula is C54H63N3O3. The lowest BCUT2D eigenvalue weighted by atomic mass is 9.44. The summed E-state index contributed by atoms with van der Waals surface area (Å²) in [6.45, 7) is 0. The van der Waals surface area contributed by atoms with Gasteiger partial charge in [-0.1, -0.05) is 18.2 Å². The van der Waals surface area contributed by atoms with E-state index in [0.29, 0.717) is 0 Å². The van der Waals surface area contributed by atoms with E-state index in [1.807, 2.05) is 36.4 Å². The molecule has 12 bridgehead atoms. The van der Waals surface area contributed by atoms with Crippen LogP contribution >= 0.6 is 0 Å². The van der Waals surface area contributed by atoms with Crippen molar-refractivity contribution in [2.45, 2.75) is 132 Å². The first-order chi connectivity index (χ1) is 29.2. The SMILES string of the molecule is Nc1cccc(Oc2c(C34CC5CC(CC(C5)C3)C4)c(Oc3cccc(N)c3)c(C34CC5CC(CC(C5)C3)C4)c(Oc3cccc(N)c3)c2C23CC4CC(CC(C4)C2)C3)c1. The number of hydrogen-bond donors (Lipinski definition) is 3. The predicted octanol–water partition coefficient (Wildman–Crippen LogP) is 13.2. The maximum Gasteiger partial charge on any atom is 0.142 e. The van der Waals surface area contributed by atoms with Crippen molar-refractivity contribution in [2.24, 2.45) is 53.3 Å². The molecule has 12 fully saturated rings. The van der Waals surface area contributed by atoms with Crippen LogP contribution < -0.4 is 31.4 Å². The molecule has 12 aliphatic carbocycles. The third-order valence-corrected chi connectivity index (χ3v) is 18.3. The second-order valence-electron chi connectivity index (χ2n) is 22.7. The van der Waals surface area contributed by atoms with E-state index < -0.39 is 0 Å². The fourth-order valence-corrected chi connectivity index (χ4v) is 17.8. The van der Waals surface area contributed by atoms with Crippen molar-refractivity contribution in [3.8, 4) is 34.5 Å². The Hall–Kier alpha value is -4.32. The van der Waals surface area contributed by atoms with Gasteiger partial charge in [0, 0.05) is 68.2 Å². The van der Waals surface area contributed by atoms with Gasteiger partial charge in [-0.15, -0.1) is 0 Å². The molecule has 0 radical (unpaired) electrons. The molecule has 6 N–H and O–H groups in total. The standard InChI is InChI=1S/C54H63N3O3/c55-40-4-1-7-43(19-40)58-49-46(52-22-31-10-32(23-52)12-33(11-31)24-52)50(59-44-8-2-5-41(56)20-44)48(54-28-37-16-38(29-54)18-39(17-37)30-54)51(60-45-9-3-6-42(57)21-45)47(49)53-25-34-13-35(26-53)15-36(14-34)27-53/h1-9,19-21,31-39H,10-18,22-30,55-57H2. The molecule has 0 aromatic heterocycles. The average molecular weight is 802 g/mol. The van der Waals surface area contributed by atoms with Crippen molar-refractivity contribution in [1.82, 2.24) is 0 Å². The summed E-state index contributed by atoms with van der Waals surface area (Å²) in [7, 11) is 0. The topological polar surface area (TPSA) is 106 Å². The van der Waals surface area contributed by atoms with Gasteiger partial charge in [-0.3, -0.25) is 0 Å². The minimum Gasteiger partial charge on any atom is -0.456 e. The zero-order valence-electron chi connectivity index (χ0n) is 35.3. The number of benzene rings is 4. The highest BCUT2D eigenvalue weighted by molar-refractivity contribution is 5.72. The average Bonchev–Trinajstić information content (AvgIpc) is 3.16. The lowest BCUT2D eigenvalue weighted by Gasteiger charge is -2.61. The number of nitrogen functional groups attached to an aromatic ring is 3. The van der Waals surface area contributed by atoms with Gasteiger partial charge in [-0.05, 0) is 205 Å². The van der Waals surface area contributed by atoms with E-state index in [-0.39, 0.29) is 16.2 Å². The van der Waals surface area contributed by atoms with Crippen LogP contribution in [0.1, 0.15) is 132 Å². The molecule has 0 aliphatic heterocycles. The highest BCUT2D eigenvalue weighted by Gasteiger charge is 2.61. The number of rotatable bonds is 9. The van der Waals surface area contributed by atoms with Crippen molar-refractivity contribution < 1.29 is 14.2 Å². The summed E-state index contributed by atoms with van der Waals surface area (Å²) in [6, 6.07) is 24.6. The van der Waals surface area contributed by atoms with Crippen molar-refractivity contribution in [1.29, 1.82) is 0 Å². The third-order valence-electron chi connectivity index (χ3n) is 18.3. The minimum atomic E-state index is -0.0517. The lowest BCUT2D eigenvalue weighted by Crippen LogP contribution is -2.52. The third kappa shape index (κ3) is 5.77. The van der Waals surface area contributed by atoms with Crippen LogP contribution in [0.4, 0.5) is 17.1 Å². The van der Waals surface area contributed by atoms with Gasteiger partial charge in [0.1, 0.15) is 34.5 Å². The van der Waals surface area contributed by atoms with Crippen LogP contribution in [0.5, 0.6) is 34.5 Å². The minimum absolute atomic E-state index is 0.0517. The first-order valence-electron chi connectivity index (χ1n) is 24.0. The smallest absolute Gasteiger partial charge is 0.142 e. The van der Waals surface area contributed by atoms with E-state index in [9.17, 15) is 0 Å². The Morgan fingerprint density at radius 2 is 0.550 bits per heavy atom. The Morgan fingerprint density at radius 1 is 0.333 bits per heavy atom. The lowest BCUT2D eigenvalue weighted by molar-refractivity contribution is -0.0152. The molecule has 312 valence electrons. The number of anilines is 3. The predicted molar refractivity (Wildman–Crippen MR) is 239 cm³/mol. The maximum atomic E-state index is 7.79. The van der Waals surface area contributed by atoms with Gasteiger partial charge in [-0.2, -0.15) is 0 Å². The van der Waals surface area contributed by atoms with Crippen LogP contribution in [-0.2, 0) is 16.2 Å². The second kappa shape index (κ2) is 13.1. The largest absolute Gasteiger partial charge is 0.456 e. The van der Waals surface area contributed by atoms with Crippen LogP contribution in [0.2, 0.25) is 0 Å². The Morgan fingerprint density at radius 3 is 0.750 bits per heavy atom. The summed E-state index contributed by atoms with van der Waals surface area (Å²) in [5.41, 5.74) is 25.9. The molecule has 16 rings (SSSR count). The van der Waals surface area contributed by atoms with Crippen molar-refractivity contribution >= 4 is 17.1 Å². The molecule has 4 aromatic carbocycles. The molecule has 6 heteroatoms. The maximum absolute atomic E-state index is 7.79. The van der Waals surface area contributed by atoms with E-state index in [4.69, 9.17) is 31.4 Å². The first kappa shape index (κ1) is 36.3. The van der Waals surface area contributed by atoms with Crippen LogP contribution in [0, 0.1) is 53.3 Å². The molecule has 6 nitrogen and oxygen atoms in total. The second-order valence-corrected chi connectivity index (χ2v) is 22.7. The molecule has 0 amide bonds. The van der Waals surface area contributed by atoms with E-state index >= 15 is 0 Å². The van der Waals surface area contributed by atoms with Crippen molar-refractivity contribution in [2.75, 3.05) is 17.2 Å². The van der Waals surface area contributed by atoms with E-state index in [1.165, 1.54) is 132 Å². The zero-order chi connectivity index (χ0) is 40.0. The van der Waals surface area contributed by atoms with Gasteiger partial charge in [0.2, 0.25) is 0 Å². The summed E-state index contributed by atoms with van der Waals surface area (Å²) in [5, 5.41) is 0. The fourth-order valence-electron chi connectivity index (χ4n) is 17.8. The highest BCUT2D eigenvalue weighted by atomic mass is 16.5. The molecule has 0 spiro atoms. The Kier molecular flexibility index (Phi) is 7.93. The monoisotopic (exact) mass is 801 g/mol. The molecule has 12 aliphatic rings. The van der Waals surface area contributed by atoms with Gasteiger partial charge in [0.05, 0.1) is 0 Å². The zero-order valence-corrected chi connectivity index (χ0v) is 35.3. The molecule has 12 saturated carbocycles. The van der Waals surface area contributed by atoms with Gasteiger partial charge in [0.25, 0.3) is 0 Å². The molecule has 60 heavy (non-hydrogen) atoms. The fraction of sp³-hybridized carbons (Fsp3) is 0.556. The summed E-state index contributed by atoms with van der Waals surface area (Å²) in [6.07, 6.45) is 23.2. The van der Waals surface area contributed by atoms with Gasteiger partial charge < -0.3 is 31.4 Å². The van der Waals surface area contributed by atoms with Crippen molar-refractivity contribution in [3.63, 3.8) is 0 Å². The quantitative estimate of drug-likeness (QED) is 0.146. The molecule has 4 aromatic rings. The van der Waals surface area contributed by atoms with Crippen LogP contribution in [-0.4, -0.2) is 0 Å². The summed E-state index contributed by atoms with van der Waals surface area (Å²) in [4.78, 5) is 0. The van der Waals surface area contributed by atoms with Crippen LogP contribution in [0.3, 0.4) is 0 Å². The number of hydrogen-bond acceptors (Lipinski definition) is 6. The summed E-state index contributed by atoms with van der Waals surface area (Å²) < 4.78 is 23.4. The Balaban J connectivity index is 1.18. The molecule has 0 heterocycles. The van der Waals surface area contributed by atoms with Gasteiger partial charge >= 0.3 is 0 Å². The number of ether oxygens (including phenoxy) is 3. The van der Waals surface area contributed by atoms with Crippen LogP contribution in [0.15, 0.2) is 72.8 Å². The Labute approximate surface area is 356 Å². The molecule has 0 atom stereocenters. The normalized spacial score (nSPS) is 38.7. The van der Waals surface area contributed by atoms with E-state index in [2.05, 4.69) is 36.4 Å². The van der Waals surface area contributed by atoms with E-state index in [1.54, 1.807) is 0 Å². The van der Waals surface area contributed by atoms with Crippen molar-refractivity contribution in [3.05, 3.63) is 89.5 Å². The first-order valence-corrected chi connectivity index (χ1v) is 24.0. The summed E-state index contributed by atoms with van der Waals surface area (Å²) in [5.74, 6) is 12.2. The van der Waals surface area contributed by atoms with Gasteiger partial charge in [-0.25, -0.2) is 0 Å². The van der Waals surface area contributed by atoms with Gasteiger partial charge in [0.15, 0.2) is 0 Å². The molecule has 0 saturated heterocycles. The Bertz CT molecular complexity index is 1990. The molecular weight excluding hydrogens is 739 g/mol. The summed E-state index contributed by atoms with van der Waals surface area (Å²) >= 11 is 0. The van der Waals surface area contributed by atoms with Crippen LogP contribution in [0.25, 0.3) is 0 Å². The molecule has 0 unspecified atom stereocenters. The highest BCUT2D eigenvalue weighted by Crippen LogP contribution is 2.73.